The van der Waals surface area contributed by atoms with Gasteiger partial charge >= 0.3 is 0 Å². The monoisotopic (exact) mass is 372 g/mol. The SMILES string of the molecule is CCNC(=NCC1(c2cccc(F)c2)CC1)NCCNC(=O)c1ccco1. The van der Waals surface area contributed by atoms with Crippen molar-refractivity contribution in [3.8, 4) is 0 Å². The van der Waals surface area contributed by atoms with Gasteiger partial charge in [-0.25, -0.2) is 4.39 Å². The minimum atomic E-state index is -0.244. The molecule has 6 nitrogen and oxygen atoms in total. The third-order valence-electron chi connectivity index (χ3n) is 4.62. The van der Waals surface area contributed by atoms with E-state index in [0.717, 1.165) is 24.9 Å². The molecular weight excluding hydrogens is 347 g/mol. The van der Waals surface area contributed by atoms with Crippen molar-refractivity contribution in [3.63, 3.8) is 0 Å². The van der Waals surface area contributed by atoms with Crippen LogP contribution in [0.15, 0.2) is 52.1 Å². The Labute approximate surface area is 158 Å². The van der Waals surface area contributed by atoms with Crippen molar-refractivity contribution in [3.05, 3.63) is 59.8 Å². The van der Waals surface area contributed by atoms with Crippen LogP contribution in [0.3, 0.4) is 0 Å². The topological polar surface area (TPSA) is 78.7 Å². The molecule has 0 saturated heterocycles. The number of amides is 1. The van der Waals surface area contributed by atoms with Crippen molar-refractivity contribution in [1.29, 1.82) is 0 Å². The second kappa shape index (κ2) is 8.70. The summed E-state index contributed by atoms with van der Waals surface area (Å²) in [6.45, 7) is 4.31. The summed E-state index contributed by atoms with van der Waals surface area (Å²) in [7, 11) is 0. The average Bonchev–Trinajstić information content (AvgIpc) is 3.26. The van der Waals surface area contributed by atoms with Gasteiger partial charge in [0.1, 0.15) is 5.82 Å². The van der Waals surface area contributed by atoms with Crippen molar-refractivity contribution in [2.45, 2.75) is 25.2 Å². The molecule has 0 radical (unpaired) electrons. The highest BCUT2D eigenvalue weighted by atomic mass is 19.1. The lowest BCUT2D eigenvalue weighted by Gasteiger charge is -2.16. The van der Waals surface area contributed by atoms with Gasteiger partial charge in [-0.3, -0.25) is 9.79 Å². The second-order valence-corrected chi connectivity index (χ2v) is 6.65. The number of carbonyl (C=O) groups is 1. The lowest BCUT2D eigenvalue weighted by molar-refractivity contribution is 0.0926. The number of halogens is 1. The molecule has 3 N–H and O–H groups in total. The van der Waals surface area contributed by atoms with Gasteiger partial charge in [-0.15, -0.1) is 0 Å². The summed E-state index contributed by atoms with van der Waals surface area (Å²) in [5, 5.41) is 9.18. The lowest BCUT2D eigenvalue weighted by Crippen LogP contribution is -2.42. The van der Waals surface area contributed by atoms with Gasteiger partial charge in [0, 0.05) is 25.0 Å². The van der Waals surface area contributed by atoms with Crippen molar-refractivity contribution >= 4 is 11.9 Å². The fraction of sp³-hybridized carbons (Fsp3) is 0.400. The Kier molecular flexibility index (Phi) is 6.11. The zero-order valence-corrected chi connectivity index (χ0v) is 15.4. The van der Waals surface area contributed by atoms with E-state index >= 15 is 0 Å². The molecule has 2 aromatic rings. The van der Waals surface area contributed by atoms with Crippen LogP contribution in [0, 0.1) is 5.82 Å². The second-order valence-electron chi connectivity index (χ2n) is 6.65. The van der Waals surface area contributed by atoms with E-state index in [4.69, 9.17) is 4.42 Å². The predicted octanol–water partition coefficient (Wildman–Crippen LogP) is 2.44. The van der Waals surface area contributed by atoms with Crippen molar-refractivity contribution in [2.75, 3.05) is 26.2 Å². The maximum Gasteiger partial charge on any atom is 0.287 e. The molecule has 27 heavy (non-hydrogen) atoms. The Hall–Kier alpha value is -2.83. The van der Waals surface area contributed by atoms with E-state index in [-0.39, 0.29) is 17.1 Å². The predicted molar refractivity (Wildman–Crippen MR) is 102 cm³/mol. The van der Waals surface area contributed by atoms with Crippen molar-refractivity contribution in [2.24, 2.45) is 4.99 Å². The minimum absolute atomic E-state index is 0.0576. The van der Waals surface area contributed by atoms with Crippen LogP contribution < -0.4 is 16.0 Å². The Balaban J connectivity index is 1.50. The summed E-state index contributed by atoms with van der Waals surface area (Å²) in [5.74, 6) is 0.528. The van der Waals surface area contributed by atoms with E-state index in [9.17, 15) is 9.18 Å². The Morgan fingerprint density at radius 3 is 2.67 bits per heavy atom. The average molecular weight is 372 g/mol. The number of furan rings is 1. The molecule has 1 aromatic heterocycles. The normalized spacial score (nSPS) is 15.3. The number of aliphatic imine (C=N–C) groups is 1. The summed E-state index contributed by atoms with van der Waals surface area (Å²) in [4.78, 5) is 16.5. The first-order valence-electron chi connectivity index (χ1n) is 9.23. The molecule has 1 heterocycles. The van der Waals surface area contributed by atoms with Gasteiger partial charge in [-0.05, 0) is 49.6 Å². The standard InChI is InChI=1S/C20H25FN4O2/c1-2-22-19(24-11-10-23-18(26)17-7-4-12-27-17)25-14-20(8-9-20)15-5-3-6-16(21)13-15/h3-7,12-13H,2,8-11,14H2,1H3,(H,23,26)(H2,22,24,25). The lowest BCUT2D eigenvalue weighted by atomic mass is 9.96. The van der Waals surface area contributed by atoms with Crippen molar-refractivity contribution < 1.29 is 13.6 Å². The molecule has 7 heteroatoms. The van der Waals surface area contributed by atoms with Crippen LogP contribution in [0.5, 0.6) is 0 Å². The molecule has 1 amide bonds. The molecule has 0 unspecified atom stereocenters. The number of nitrogens with one attached hydrogen (secondary N) is 3. The largest absolute Gasteiger partial charge is 0.459 e. The van der Waals surface area contributed by atoms with E-state index < -0.39 is 0 Å². The molecule has 144 valence electrons. The van der Waals surface area contributed by atoms with Crippen LogP contribution in [0.25, 0.3) is 0 Å². The molecule has 0 spiro atoms. The van der Waals surface area contributed by atoms with Crippen molar-refractivity contribution in [1.82, 2.24) is 16.0 Å². The summed E-state index contributed by atoms with van der Waals surface area (Å²) in [5.41, 5.74) is 0.950. The van der Waals surface area contributed by atoms with E-state index in [2.05, 4.69) is 20.9 Å². The first-order valence-corrected chi connectivity index (χ1v) is 9.23. The minimum Gasteiger partial charge on any atom is -0.459 e. The number of benzene rings is 1. The number of hydrogen-bond donors (Lipinski definition) is 3. The van der Waals surface area contributed by atoms with Gasteiger partial charge < -0.3 is 20.4 Å². The van der Waals surface area contributed by atoms with Gasteiger partial charge in [-0.2, -0.15) is 0 Å². The summed E-state index contributed by atoms with van der Waals surface area (Å²) in [6.07, 6.45) is 3.49. The molecule has 3 rings (SSSR count). The van der Waals surface area contributed by atoms with Crippen LogP contribution in [0.4, 0.5) is 4.39 Å². The maximum absolute atomic E-state index is 13.5. The molecule has 1 saturated carbocycles. The molecule has 0 bridgehead atoms. The quantitative estimate of drug-likeness (QED) is 0.378. The third-order valence-corrected chi connectivity index (χ3v) is 4.62. The molecule has 0 atom stereocenters. The third kappa shape index (κ3) is 5.09. The van der Waals surface area contributed by atoms with Crippen LogP contribution in [-0.2, 0) is 5.41 Å². The number of guanidine groups is 1. The summed E-state index contributed by atoms with van der Waals surface area (Å²) < 4.78 is 18.6. The zero-order chi connectivity index (χ0) is 19.1. The Morgan fingerprint density at radius 1 is 1.19 bits per heavy atom. The van der Waals surface area contributed by atoms with Crippen LogP contribution >= 0.6 is 0 Å². The number of nitrogens with zero attached hydrogens (tertiary/aromatic N) is 1. The maximum atomic E-state index is 13.5. The summed E-state index contributed by atoms with van der Waals surface area (Å²) in [6, 6.07) is 10.1. The Morgan fingerprint density at radius 2 is 2.00 bits per heavy atom. The fourth-order valence-corrected chi connectivity index (χ4v) is 2.93. The fourth-order valence-electron chi connectivity index (χ4n) is 2.93. The Bertz CT molecular complexity index is 785. The summed E-state index contributed by atoms with van der Waals surface area (Å²) >= 11 is 0. The molecule has 1 aliphatic rings. The van der Waals surface area contributed by atoms with Gasteiger partial charge in [0.25, 0.3) is 5.91 Å². The number of carbonyl (C=O) groups excluding carboxylic acids is 1. The van der Waals surface area contributed by atoms with Gasteiger partial charge in [0.15, 0.2) is 11.7 Å². The number of hydrogen-bond acceptors (Lipinski definition) is 3. The zero-order valence-electron chi connectivity index (χ0n) is 15.4. The highest BCUT2D eigenvalue weighted by Gasteiger charge is 2.44. The smallest absolute Gasteiger partial charge is 0.287 e. The highest BCUT2D eigenvalue weighted by molar-refractivity contribution is 5.91. The molecule has 0 aliphatic heterocycles. The van der Waals surface area contributed by atoms with Crippen LogP contribution in [0.2, 0.25) is 0 Å². The van der Waals surface area contributed by atoms with E-state index in [1.165, 1.54) is 12.3 Å². The van der Waals surface area contributed by atoms with Gasteiger partial charge in [0.2, 0.25) is 0 Å². The number of rotatable bonds is 8. The molecule has 1 fully saturated rings. The van der Waals surface area contributed by atoms with Gasteiger partial charge in [0.05, 0.1) is 12.8 Å². The first kappa shape index (κ1) is 18.9. The van der Waals surface area contributed by atoms with Gasteiger partial charge in [-0.1, -0.05) is 12.1 Å². The van der Waals surface area contributed by atoms with E-state index in [1.54, 1.807) is 24.3 Å². The molecular formula is C20H25FN4O2. The molecule has 1 aromatic carbocycles. The van der Waals surface area contributed by atoms with E-state index in [0.29, 0.717) is 31.4 Å². The van der Waals surface area contributed by atoms with Crippen LogP contribution in [-0.4, -0.2) is 38.0 Å². The highest BCUT2D eigenvalue weighted by Crippen LogP contribution is 2.48. The first-order chi connectivity index (χ1) is 13.1. The van der Waals surface area contributed by atoms with Crippen LogP contribution in [0.1, 0.15) is 35.9 Å². The molecule has 1 aliphatic carbocycles. The van der Waals surface area contributed by atoms with E-state index in [1.807, 2.05) is 13.0 Å².